The zero-order valence-electron chi connectivity index (χ0n) is 14.1. The highest BCUT2D eigenvalue weighted by molar-refractivity contribution is 7.83. The van der Waals surface area contributed by atoms with Crippen LogP contribution in [0.3, 0.4) is 0 Å². The number of carbonyl (C=O) groups is 1. The Morgan fingerprint density at radius 1 is 1.12 bits per heavy atom. The number of hydrogen-bond acceptors (Lipinski definition) is 3. The van der Waals surface area contributed by atoms with Crippen LogP contribution in [0, 0.1) is 0 Å². The number of amides is 1. The molecule has 0 spiro atoms. The van der Waals surface area contributed by atoms with Crippen molar-refractivity contribution in [1.29, 1.82) is 0 Å². The van der Waals surface area contributed by atoms with Gasteiger partial charge in [-0.1, -0.05) is 31.2 Å². The Morgan fingerprint density at radius 3 is 2.54 bits per heavy atom. The summed E-state index contributed by atoms with van der Waals surface area (Å²) in [5.74, 6) is 1.16. The van der Waals surface area contributed by atoms with Crippen molar-refractivity contribution in [2.24, 2.45) is 0 Å². The highest BCUT2D eigenvalue weighted by Crippen LogP contribution is 2.13. The third kappa shape index (κ3) is 5.81. The van der Waals surface area contributed by atoms with Crippen LogP contribution < -0.4 is 10.1 Å². The second-order valence-corrected chi connectivity index (χ2v) is 7.03. The maximum Gasteiger partial charge on any atom is 0.251 e. The molecule has 0 aliphatic carbocycles. The Balaban J connectivity index is 1.91. The predicted octanol–water partition coefficient (Wildman–Crippen LogP) is 3.28. The topological polar surface area (TPSA) is 55.4 Å². The quantitative estimate of drug-likeness (QED) is 0.799. The fourth-order valence-corrected chi connectivity index (χ4v) is 2.89. The summed E-state index contributed by atoms with van der Waals surface area (Å²) in [4.78, 5) is 12.3. The Bertz CT molecular complexity index is 698. The van der Waals surface area contributed by atoms with E-state index in [2.05, 4.69) is 12.2 Å². The third-order valence-electron chi connectivity index (χ3n) is 3.41. The van der Waals surface area contributed by atoms with Gasteiger partial charge in [-0.25, -0.2) is 0 Å². The summed E-state index contributed by atoms with van der Waals surface area (Å²) < 4.78 is 16.8. The highest BCUT2D eigenvalue weighted by atomic mass is 32.2. The zero-order valence-corrected chi connectivity index (χ0v) is 14.9. The van der Waals surface area contributed by atoms with E-state index in [1.165, 1.54) is 0 Å². The van der Waals surface area contributed by atoms with Crippen LogP contribution >= 0.6 is 0 Å². The van der Waals surface area contributed by atoms with E-state index in [4.69, 9.17) is 4.74 Å². The Kier molecular flexibility index (Phi) is 7.00. The van der Waals surface area contributed by atoms with Gasteiger partial charge in [0.15, 0.2) is 0 Å². The SMILES string of the molecule is CCCOc1ccc(CNC(=O)c2cccc(CS(C)=O)c2)cc1. The first-order valence-corrected chi connectivity index (χ1v) is 9.70. The van der Waals surface area contributed by atoms with Gasteiger partial charge in [0.25, 0.3) is 5.91 Å². The molecular formula is C19H23NO3S. The van der Waals surface area contributed by atoms with E-state index in [0.29, 0.717) is 24.5 Å². The van der Waals surface area contributed by atoms with Crippen molar-refractivity contribution in [3.8, 4) is 5.75 Å². The summed E-state index contributed by atoms with van der Waals surface area (Å²) in [5, 5.41) is 2.90. The average Bonchev–Trinajstić information content (AvgIpc) is 2.58. The molecule has 0 heterocycles. The maximum absolute atomic E-state index is 12.3. The van der Waals surface area contributed by atoms with Gasteiger partial charge in [0.05, 0.1) is 6.61 Å². The molecule has 2 rings (SSSR count). The van der Waals surface area contributed by atoms with Crippen LogP contribution in [-0.2, 0) is 23.1 Å². The van der Waals surface area contributed by atoms with Crippen LogP contribution in [0.15, 0.2) is 48.5 Å². The number of rotatable bonds is 8. The van der Waals surface area contributed by atoms with E-state index >= 15 is 0 Å². The minimum Gasteiger partial charge on any atom is -0.494 e. The van der Waals surface area contributed by atoms with Crippen molar-refractivity contribution in [1.82, 2.24) is 5.32 Å². The minimum atomic E-state index is -0.920. The van der Waals surface area contributed by atoms with Crippen LogP contribution in [0.4, 0.5) is 0 Å². The van der Waals surface area contributed by atoms with Crippen LogP contribution in [0.2, 0.25) is 0 Å². The lowest BCUT2D eigenvalue weighted by Gasteiger charge is -2.08. The summed E-state index contributed by atoms with van der Waals surface area (Å²) in [6.45, 7) is 3.23. The summed E-state index contributed by atoms with van der Waals surface area (Å²) in [6.07, 6.45) is 2.63. The molecule has 4 nitrogen and oxygen atoms in total. The molecule has 1 unspecified atom stereocenters. The Hall–Kier alpha value is -2.14. The molecule has 2 aromatic rings. The molecule has 24 heavy (non-hydrogen) atoms. The first kappa shape index (κ1) is 18.2. The molecule has 0 saturated heterocycles. The van der Waals surface area contributed by atoms with Crippen LogP contribution in [0.1, 0.15) is 34.8 Å². The van der Waals surface area contributed by atoms with Gasteiger partial charge in [-0.2, -0.15) is 0 Å². The van der Waals surface area contributed by atoms with Gasteiger partial charge < -0.3 is 10.1 Å². The largest absolute Gasteiger partial charge is 0.494 e. The van der Waals surface area contributed by atoms with Gasteiger partial charge in [-0.15, -0.1) is 0 Å². The fraction of sp³-hybridized carbons (Fsp3) is 0.316. The van der Waals surface area contributed by atoms with Gasteiger partial charge >= 0.3 is 0 Å². The predicted molar refractivity (Wildman–Crippen MR) is 97.6 cm³/mol. The van der Waals surface area contributed by atoms with Crippen molar-refractivity contribution in [2.45, 2.75) is 25.6 Å². The van der Waals surface area contributed by atoms with Crippen molar-refractivity contribution in [3.05, 3.63) is 65.2 Å². The molecule has 0 bridgehead atoms. The molecular weight excluding hydrogens is 322 g/mol. The van der Waals surface area contributed by atoms with Gasteiger partial charge in [-0.05, 0) is 41.8 Å². The van der Waals surface area contributed by atoms with Gasteiger partial charge in [0.1, 0.15) is 5.75 Å². The van der Waals surface area contributed by atoms with Crippen LogP contribution in [0.25, 0.3) is 0 Å². The van der Waals surface area contributed by atoms with Crippen molar-refractivity contribution in [3.63, 3.8) is 0 Å². The second kappa shape index (κ2) is 9.23. The summed E-state index contributed by atoms with van der Waals surface area (Å²) in [5.41, 5.74) is 2.50. The summed E-state index contributed by atoms with van der Waals surface area (Å²) >= 11 is 0. The molecule has 1 atom stereocenters. The number of benzene rings is 2. The van der Waals surface area contributed by atoms with Crippen molar-refractivity contribution >= 4 is 16.7 Å². The van der Waals surface area contributed by atoms with E-state index < -0.39 is 10.8 Å². The molecule has 1 amide bonds. The van der Waals surface area contributed by atoms with E-state index in [0.717, 1.165) is 23.3 Å². The Labute approximate surface area is 145 Å². The summed E-state index contributed by atoms with van der Waals surface area (Å²) in [6, 6.07) is 15.0. The number of carbonyl (C=O) groups excluding carboxylic acids is 1. The van der Waals surface area contributed by atoms with E-state index in [1.54, 1.807) is 18.4 Å². The lowest BCUT2D eigenvalue weighted by atomic mass is 10.1. The molecule has 2 aromatic carbocycles. The average molecular weight is 345 g/mol. The molecule has 0 aliphatic heterocycles. The standard InChI is InChI=1S/C19H23NO3S/c1-3-11-23-18-9-7-15(8-10-18)13-20-19(21)17-6-4-5-16(12-17)14-24(2)22/h4-10,12H,3,11,13-14H2,1-2H3,(H,20,21). The van der Waals surface area contributed by atoms with E-state index in [9.17, 15) is 9.00 Å². The maximum atomic E-state index is 12.3. The number of hydrogen-bond donors (Lipinski definition) is 1. The number of nitrogens with one attached hydrogen (secondary N) is 1. The third-order valence-corrected chi connectivity index (χ3v) is 4.15. The van der Waals surface area contributed by atoms with Crippen molar-refractivity contribution < 1.29 is 13.7 Å². The zero-order chi connectivity index (χ0) is 17.4. The second-order valence-electron chi connectivity index (χ2n) is 5.59. The van der Waals surface area contributed by atoms with E-state index in [1.807, 2.05) is 36.4 Å². The fourth-order valence-electron chi connectivity index (χ4n) is 2.24. The highest BCUT2D eigenvalue weighted by Gasteiger charge is 2.07. The normalized spacial score (nSPS) is 11.8. The molecule has 0 aromatic heterocycles. The first-order chi connectivity index (χ1) is 11.6. The molecule has 5 heteroatoms. The van der Waals surface area contributed by atoms with Gasteiger partial charge in [-0.3, -0.25) is 9.00 Å². The molecule has 0 saturated carbocycles. The number of ether oxygens (including phenoxy) is 1. The molecule has 0 fully saturated rings. The smallest absolute Gasteiger partial charge is 0.251 e. The molecule has 0 radical (unpaired) electrons. The van der Waals surface area contributed by atoms with Crippen molar-refractivity contribution in [2.75, 3.05) is 12.9 Å². The molecule has 1 N–H and O–H groups in total. The van der Waals surface area contributed by atoms with E-state index in [-0.39, 0.29) is 5.91 Å². The first-order valence-electron chi connectivity index (χ1n) is 7.97. The van der Waals surface area contributed by atoms with Gasteiger partial charge in [0, 0.05) is 34.9 Å². The lowest BCUT2D eigenvalue weighted by molar-refractivity contribution is 0.0951. The molecule has 0 aliphatic rings. The summed E-state index contributed by atoms with van der Waals surface area (Å²) in [7, 11) is -0.920. The van der Waals surface area contributed by atoms with Gasteiger partial charge in [0.2, 0.25) is 0 Å². The van der Waals surface area contributed by atoms with Crippen LogP contribution in [-0.4, -0.2) is 23.0 Å². The molecule has 128 valence electrons. The Morgan fingerprint density at radius 2 is 1.88 bits per heavy atom. The minimum absolute atomic E-state index is 0.134. The lowest BCUT2D eigenvalue weighted by Crippen LogP contribution is -2.22. The van der Waals surface area contributed by atoms with Crippen LogP contribution in [0.5, 0.6) is 5.75 Å². The monoisotopic (exact) mass is 345 g/mol.